The number of benzene rings is 1. The number of hydrogen-bond donors (Lipinski definition) is 2. The predicted molar refractivity (Wildman–Crippen MR) is 101 cm³/mol. The topological polar surface area (TPSA) is 102 Å². The van der Waals surface area contributed by atoms with Gasteiger partial charge < -0.3 is 9.84 Å². The van der Waals surface area contributed by atoms with Gasteiger partial charge in [0, 0.05) is 11.5 Å². The highest BCUT2D eigenvalue weighted by molar-refractivity contribution is 9.10. The zero-order valence-electron chi connectivity index (χ0n) is 14.4. The van der Waals surface area contributed by atoms with E-state index in [0.717, 1.165) is 4.47 Å². The largest absolute Gasteiger partial charge is 0.491 e. The van der Waals surface area contributed by atoms with Gasteiger partial charge in [-0.3, -0.25) is 19.0 Å². The lowest BCUT2D eigenvalue weighted by molar-refractivity contribution is 0.0903. The number of aliphatic hydroxyl groups is 1. The van der Waals surface area contributed by atoms with Crippen LogP contribution in [0.4, 0.5) is 0 Å². The van der Waals surface area contributed by atoms with Crippen LogP contribution >= 0.6 is 15.9 Å². The molecule has 26 heavy (non-hydrogen) atoms. The summed E-state index contributed by atoms with van der Waals surface area (Å²) in [5, 5.41) is 14.7. The number of aromatic nitrogens is 4. The van der Waals surface area contributed by atoms with Crippen molar-refractivity contribution in [1.29, 1.82) is 0 Å². The molecule has 138 valence electrons. The van der Waals surface area contributed by atoms with E-state index in [1.165, 1.54) is 9.25 Å². The van der Waals surface area contributed by atoms with Crippen LogP contribution in [-0.4, -0.2) is 37.1 Å². The molecule has 0 aliphatic carbocycles. The number of rotatable bonds is 6. The molecule has 0 bridgehead atoms. The molecule has 1 unspecified atom stereocenters. The van der Waals surface area contributed by atoms with Gasteiger partial charge in [-0.25, -0.2) is 4.79 Å². The Morgan fingerprint density at radius 1 is 1.27 bits per heavy atom. The maximum atomic E-state index is 12.2. The van der Waals surface area contributed by atoms with Gasteiger partial charge in [0.1, 0.15) is 18.5 Å². The van der Waals surface area contributed by atoms with Gasteiger partial charge in [0.25, 0.3) is 5.56 Å². The lowest BCUT2D eigenvalue weighted by atomic mass is 10.3. The van der Waals surface area contributed by atoms with Crippen molar-refractivity contribution in [3.05, 3.63) is 55.3 Å². The van der Waals surface area contributed by atoms with Crippen LogP contribution in [0.1, 0.15) is 12.6 Å². The van der Waals surface area contributed by atoms with Crippen molar-refractivity contribution in [2.24, 2.45) is 7.05 Å². The summed E-state index contributed by atoms with van der Waals surface area (Å²) in [6, 6.07) is 7.26. The summed E-state index contributed by atoms with van der Waals surface area (Å²) in [6.45, 7) is 2.02. The molecule has 3 aromatic rings. The van der Waals surface area contributed by atoms with Crippen molar-refractivity contribution in [3.63, 3.8) is 0 Å². The summed E-state index contributed by atoms with van der Waals surface area (Å²) >= 11 is 3.35. The Bertz CT molecular complexity index is 1040. The molecule has 1 atom stereocenters. The minimum Gasteiger partial charge on any atom is -0.491 e. The van der Waals surface area contributed by atoms with E-state index in [4.69, 9.17) is 4.74 Å². The molecule has 8 nitrogen and oxygen atoms in total. The molecular weight excluding hydrogens is 404 g/mol. The number of nitrogens with zero attached hydrogens (tertiary/aromatic N) is 3. The van der Waals surface area contributed by atoms with Crippen LogP contribution in [0.25, 0.3) is 11.0 Å². The van der Waals surface area contributed by atoms with Gasteiger partial charge in [0.15, 0.2) is 5.52 Å². The maximum Gasteiger partial charge on any atom is 0.328 e. The van der Waals surface area contributed by atoms with E-state index in [1.807, 2.05) is 19.1 Å². The van der Waals surface area contributed by atoms with E-state index in [-0.39, 0.29) is 18.7 Å². The van der Waals surface area contributed by atoms with Crippen LogP contribution in [0.15, 0.2) is 38.3 Å². The van der Waals surface area contributed by atoms with E-state index >= 15 is 0 Å². The van der Waals surface area contributed by atoms with Crippen molar-refractivity contribution in [2.75, 3.05) is 6.61 Å². The molecule has 0 saturated carbocycles. The fourth-order valence-corrected chi connectivity index (χ4v) is 3.03. The first kappa shape index (κ1) is 18.4. The molecule has 0 aliphatic rings. The summed E-state index contributed by atoms with van der Waals surface area (Å²) in [6.07, 6.45) is -0.311. The third-order valence-electron chi connectivity index (χ3n) is 4.05. The molecule has 9 heteroatoms. The SMILES string of the molecule is CCc1nn(CC(O)COc2ccc(Br)cc2)c2c(=O)[nH]c(=O)n(C)c12. The molecule has 3 rings (SSSR count). The average molecular weight is 423 g/mol. The Hall–Kier alpha value is -2.39. The minimum absolute atomic E-state index is 0.0497. The summed E-state index contributed by atoms with van der Waals surface area (Å²) in [5.74, 6) is 0.632. The van der Waals surface area contributed by atoms with Gasteiger partial charge in [-0.15, -0.1) is 0 Å². The smallest absolute Gasteiger partial charge is 0.328 e. The number of fused-ring (bicyclic) bond motifs is 1. The third-order valence-corrected chi connectivity index (χ3v) is 4.58. The van der Waals surface area contributed by atoms with Crippen molar-refractivity contribution in [2.45, 2.75) is 26.0 Å². The second-order valence-electron chi connectivity index (χ2n) is 5.92. The highest BCUT2D eigenvalue weighted by atomic mass is 79.9. The van der Waals surface area contributed by atoms with E-state index in [2.05, 4.69) is 26.0 Å². The van der Waals surface area contributed by atoms with Crippen LogP contribution in [0.5, 0.6) is 5.75 Å². The van der Waals surface area contributed by atoms with Crippen molar-refractivity contribution < 1.29 is 9.84 Å². The molecule has 0 radical (unpaired) electrons. The van der Waals surface area contributed by atoms with Crippen LogP contribution in [0.2, 0.25) is 0 Å². The fraction of sp³-hybridized carbons (Fsp3) is 0.353. The summed E-state index contributed by atoms with van der Waals surface area (Å²) in [4.78, 5) is 26.4. The minimum atomic E-state index is -0.872. The molecule has 2 heterocycles. The van der Waals surface area contributed by atoms with E-state index in [1.54, 1.807) is 19.2 Å². The van der Waals surface area contributed by atoms with Gasteiger partial charge in [0.05, 0.1) is 17.8 Å². The van der Waals surface area contributed by atoms with Crippen molar-refractivity contribution in [1.82, 2.24) is 19.3 Å². The average Bonchev–Trinajstić information content (AvgIpc) is 2.98. The number of nitrogens with one attached hydrogen (secondary N) is 1. The Labute approximate surface area is 157 Å². The molecule has 0 aliphatic heterocycles. The van der Waals surface area contributed by atoms with Gasteiger partial charge in [-0.05, 0) is 30.7 Å². The number of halogens is 1. The number of aryl methyl sites for hydroxylation is 2. The molecule has 0 saturated heterocycles. The number of hydrogen-bond acceptors (Lipinski definition) is 5. The van der Waals surface area contributed by atoms with Gasteiger partial charge in [-0.1, -0.05) is 22.9 Å². The number of aliphatic hydroxyl groups excluding tert-OH is 1. The van der Waals surface area contributed by atoms with E-state index in [0.29, 0.717) is 23.4 Å². The van der Waals surface area contributed by atoms with Crippen molar-refractivity contribution in [3.8, 4) is 5.75 Å². The quantitative estimate of drug-likeness (QED) is 0.620. The lowest BCUT2D eigenvalue weighted by Gasteiger charge is -2.13. The molecule has 1 aromatic carbocycles. The van der Waals surface area contributed by atoms with Crippen LogP contribution in [0, 0.1) is 0 Å². The normalized spacial score (nSPS) is 12.5. The Morgan fingerprint density at radius 3 is 2.62 bits per heavy atom. The predicted octanol–water partition coefficient (Wildman–Crippen LogP) is 1.19. The molecular formula is C17H19BrN4O4. The first-order valence-electron chi connectivity index (χ1n) is 8.15. The van der Waals surface area contributed by atoms with Gasteiger partial charge >= 0.3 is 5.69 Å². The standard InChI is InChI=1S/C17H19BrN4O4/c1-3-13-14-15(16(24)19-17(25)21(14)2)22(20-13)8-11(23)9-26-12-6-4-10(18)5-7-12/h4-7,11,23H,3,8-9H2,1-2H3,(H,19,24,25). The molecule has 2 N–H and O–H groups in total. The summed E-state index contributed by atoms with van der Waals surface area (Å²) < 4.78 is 9.29. The van der Waals surface area contributed by atoms with Crippen LogP contribution in [0.3, 0.4) is 0 Å². The number of H-pyrrole nitrogens is 1. The fourth-order valence-electron chi connectivity index (χ4n) is 2.77. The lowest BCUT2D eigenvalue weighted by Crippen LogP contribution is -2.30. The number of ether oxygens (including phenoxy) is 1. The highest BCUT2D eigenvalue weighted by Crippen LogP contribution is 2.17. The van der Waals surface area contributed by atoms with Crippen LogP contribution in [-0.2, 0) is 20.0 Å². The zero-order valence-corrected chi connectivity index (χ0v) is 16.0. The Kier molecular flexibility index (Phi) is 5.28. The summed E-state index contributed by atoms with van der Waals surface area (Å²) in [5.41, 5.74) is 0.382. The van der Waals surface area contributed by atoms with Crippen molar-refractivity contribution >= 4 is 27.0 Å². The first-order chi connectivity index (χ1) is 12.4. The molecule has 2 aromatic heterocycles. The second kappa shape index (κ2) is 7.46. The molecule has 0 fully saturated rings. The maximum absolute atomic E-state index is 12.2. The van der Waals surface area contributed by atoms with Gasteiger partial charge in [0.2, 0.25) is 0 Å². The molecule has 0 spiro atoms. The highest BCUT2D eigenvalue weighted by Gasteiger charge is 2.18. The van der Waals surface area contributed by atoms with E-state index < -0.39 is 17.4 Å². The third kappa shape index (κ3) is 3.58. The van der Waals surface area contributed by atoms with E-state index in [9.17, 15) is 14.7 Å². The monoisotopic (exact) mass is 422 g/mol. The Morgan fingerprint density at radius 2 is 1.96 bits per heavy atom. The summed E-state index contributed by atoms with van der Waals surface area (Å²) in [7, 11) is 1.58. The second-order valence-corrected chi connectivity index (χ2v) is 6.83. The first-order valence-corrected chi connectivity index (χ1v) is 8.95. The Balaban J connectivity index is 1.84. The number of aromatic amines is 1. The zero-order chi connectivity index (χ0) is 18.8. The molecule has 0 amide bonds. The van der Waals surface area contributed by atoms with Gasteiger partial charge in [-0.2, -0.15) is 5.10 Å². The van der Waals surface area contributed by atoms with Crippen LogP contribution < -0.4 is 16.0 Å².